The largest absolute Gasteiger partial charge is 0.478 e. The molecule has 0 atom stereocenters. The molecule has 104 valence electrons. The van der Waals surface area contributed by atoms with Crippen LogP contribution < -0.4 is 0 Å². The van der Waals surface area contributed by atoms with Crippen molar-refractivity contribution in [2.24, 2.45) is 0 Å². The Hall–Kier alpha value is -2.01. The molecule has 0 unspecified atom stereocenters. The van der Waals surface area contributed by atoms with Gasteiger partial charge in [0.15, 0.2) is 0 Å². The molecule has 0 spiro atoms. The lowest BCUT2D eigenvalue weighted by Gasteiger charge is -2.16. The van der Waals surface area contributed by atoms with Gasteiger partial charge in [0.2, 0.25) is 0 Å². The van der Waals surface area contributed by atoms with Crippen molar-refractivity contribution in [2.45, 2.75) is 6.18 Å². The minimum atomic E-state index is -4.74. The highest BCUT2D eigenvalue weighted by atomic mass is 35.5. The normalized spacial score (nSPS) is 11.4. The van der Waals surface area contributed by atoms with Crippen molar-refractivity contribution in [3.05, 3.63) is 58.6 Å². The molecule has 0 amide bonds. The summed E-state index contributed by atoms with van der Waals surface area (Å²) in [7, 11) is 0. The maximum Gasteiger partial charge on any atom is 0.418 e. The molecule has 1 N–H and O–H groups in total. The molecule has 2 nitrogen and oxygen atoms in total. The maximum atomic E-state index is 13.2. The summed E-state index contributed by atoms with van der Waals surface area (Å²) in [5, 5.41) is 8.07. The quantitative estimate of drug-likeness (QED) is 0.871. The van der Waals surface area contributed by atoms with E-state index in [0.29, 0.717) is 5.56 Å². The van der Waals surface area contributed by atoms with E-state index in [9.17, 15) is 18.0 Å². The van der Waals surface area contributed by atoms with E-state index >= 15 is 0 Å². The van der Waals surface area contributed by atoms with Gasteiger partial charge in [0.25, 0.3) is 0 Å². The number of aromatic carboxylic acids is 1. The summed E-state index contributed by atoms with van der Waals surface area (Å²) in [6.07, 6.45) is -4.74. The van der Waals surface area contributed by atoms with E-state index in [0.717, 1.165) is 12.1 Å². The van der Waals surface area contributed by atoms with Gasteiger partial charge in [-0.1, -0.05) is 48.0 Å². The van der Waals surface area contributed by atoms with Crippen molar-refractivity contribution in [1.82, 2.24) is 0 Å². The van der Waals surface area contributed by atoms with Gasteiger partial charge in [0.1, 0.15) is 0 Å². The van der Waals surface area contributed by atoms with Crippen LogP contribution in [0.4, 0.5) is 13.2 Å². The zero-order valence-corrected chi connectivity index (χ0v) is 10.7. The Bertz CT molecular complexity index is 651. The number of carboxylic acids is 1. The van der Waals surface area contributed by atoms with Crippen molar-refractivity contribution in [3.63, 3.8) is 0 Å². The Morgan fingerprint density at radius 3 is 2.15 bits per heavy atom. The van der Waals surface area contributed by atoms with E-state index in [2.05, 4.69) is 0 Å². The summed E-state index contributed by atoms with van der Waals surface area (Å²) in [6, 6.07) is 10.0. The Morgan fingerprint density at radius 1 is 1.05 bits per heavy atom. The van der Waals surface area contributed by atoms with Crippen LogP contribution in [0.1, 0.15) is 15.9 Å². The van der Waals surface area contributed by atoms with E-state index in [4.69, 9.17) is 16.7 Å². The van der Waals surface area contributed by atoms with Crippen molar-refractivity contribution < 1.29 is 23.1 Å². The zero-order valence-electron chi connectivity index (χ0n) is 9.91. The van der Waals surface area contributed by atoms with Gasteiger partial charge in [0, 0.05) is 0 Å². The molecule has 0 radical (unpaired) electrons. The van der Waals surface area contributed by atoms with Crippen molar-refractivity contribution >= 4 is 17.6 Å². The third-order valence-corrected chi connectivity index (χ3v) is 3.13. The maximum absolute atomic E-state index is 13.2. The van der Waals surface area contributed by atoms with E-state index in [1.165, 1.54) is 12.1 Å². The van der Waals surface area contributed by atoms with Crippen LogP contribution in [0.25, 0.3) is 11.1 Å². The summed E-state index contributed by atoms with van der Waals surface area (Å²) < 4.78 is 39.5. The molecule has 0 aliphatic heterocycles. The summed E-state index contributed by atoms with van der Waals surface area (Å²) in [5.74, 6) is -1.50. The highest BCUT2D eigenvalue weighted by molar-refractivity contribution is 6.34. The number of benzene rings is 2. The molecule has 2 aromatic rings. The van der Waals surface area contributed by atoms with Crippen molar-refractivity contribution in [2.75, 3.05) is 0 Å². The molecule has 6 heteroatoms. The first-order valence-corrected chi connectivity index (χ1v) is 5.88. The Morgan fingerprint density at radius 2 is 1.65 bits per heavy atom. The zero-order chi connectivity index (χ0) is 14.9. The lowest BCUT2D eigenvalue weighted by Crippen LogP contribution is -2.11. The average Bonchev–Trinajstić information content (AvgIpc) is 2.37. The molecule has 0 fully saturated rings. The van der Waals surface area contributed by atoms with Gasteiger partial charge in [-0.05, 0) is 17.2 Å². The van der Waals surface area contributed by atoms with Crippen molar-refractivity contribution in [1.29, 1.82) is 0 Å². The van der Waals surface area contributed by atoms with Gasteiger partial charge >= 0.3 is 12.1 Å². The Labute approximate surface area is 117 Å². The molecule has 2 rings (SSSR count). The lowest BCUT2D eigenvalue weighted by molar-refractivity contribution is -0.137. The van der Waals surface area contributed by atoms with E-state index in [-0.39, 0.29) is 5.56 Å². The number of carbonyl (C=O) groups is 1. The predicted molar refractivity (Wildman–Crippen MR) is 68.8 cm³/mol. The Balaban J connectivity index is 2.77. The number of alkyl halides is 3. The highest BCUT2D eigenvalue weighted by Gasteiger charge is 2.38. The number of hydrogen-bond acceptors (Lipinski definition) is 1. The second-order valence-electron chi connectivity index (χ2n) is 4.02. The fraction of sp³-hybridized carbons (Fsp3) is 0.0714. The van der Waals surface area contributed by atoms with E-state index in [1.54, 1.807) is 18.2 Å². The van der Waals surface area contributed by atoms with Gasteiger partial charge in [-0.2, -0.15) is 13.2 Å². The van der Waals surface area contributed by atoms with Gasteiger partial charge < -0.3 is 5.11 Å². The number of hydrogen-bond donors (Lipinski definition) is 1. The number of halogens is 4. The van der Waals surface area contributed by atoms with E-state index < -0.39 is 28.3 Å². The van der Waals surface area contributed by atoms with Gasteiger partial charge in [-0.25, -0.2) is 4.79 Å². The Kier molecular flexibility index (Phi) is 3.72. The molecule has 2 aromatic carbocycles. The first-order valence-electron chi connectivity index (χ1n) is 5.51. The van der Waals surface area contributed by atoms with Crippen LogP contribution in [-0.2, 0) is 6.18 Å². The third kappa shape index (κ3) is 2.63. The number of rotatable bonds is 2. The second-order valence-corrected chi connectivity index (χ2v) is 4.40. The summed E-state index contributed by atoms with van der Waals surface area (Å²) in [4.78, 5) is 10.9. The van der Waals surface area contributed by atoms with Gasteiger partial charge in [-0.15, -0.1) is 0 Å². The topological polar surface area (TPSA) is 37.3 Å². The number of carboxylic acid groups (broad SMARTS) is 1. The fourth-order valence-corrected chi connectivity index (χ4v) is 2.23. The monoisotopic (exact) mass is 300 g/mol. The summed E-state index contributed by atoms with van der Waals surface area (Å²) in [6.45, 7) is 0. The second kappa shape index (κ2) is 5.17. The molecule has 0 heterocycles. The van der Waals surface area contributed by atoms with Gasteiger partial charge in [-0.3, -0.25) is 0 Å². The smallest absolute Gasteiger partial charge is 0.418 e. The van der Waals surface area contributed by atoms with Crippen LogP contribution in [0.15, 0.2) is 42.5 Å². The average molecular weight is 301 g/mol. The first kappa shape index (κ1) is 14.4. The minimum Gasteiger partial charge on any atom is -0.478 e. The van der Waals surface area contributed by atoms with E-state index in [1.807, 2.05) is 0 Å². The molecule has 0 aliphatic rings. The van der Waals surface area contributed by atoms with Crippen LogP contribution in [0.2, 0.25) is 5.02 Å². The van der Waals surface area contributed by atoms with Crippen LogP contribution in [0.3, 0.4) is 0 Å². The van der Waals surface area contributed by atoms with Gasteiger partial charge in [0.05, 0.1) is 16.1 Å². The lowest BCUT2D eigenvalue weighted by atomic mass is 9.97. The molecule has 0 bridgehead atoms. The molecule has 0 saturated carbocycles. The molecule has 20 heavy (non-hydrogen) atoms. The van der Waals surface area contributed by atoms with Crippen LogP contribution in [-0.4, -0.2) is 11.1 Å². The van der Waals surface area contributed by atoms with Crippen molar-refractivity contribution in [3.8, 4) is 11.1 Å². The molecule has 0 saturated heterocycles. The molecular weight excluding hydrogens is 293 g/mol. The molecule has 0 aliphatic carbocycles. The molecule has 0 aromatic heterocycles. The SMILES string of the molecule is O=C(O)c1ccc(-c2ccccc2)c(C(F)(F)F)c1Cl. The van der Waals surface area contributed by atoms with Crippen LogP contribution in [0, 0.1) is 0 Å². The first-order chi connectivity index (χ1) is 9.32. The fourth-order valence-electron chi connectivity index (χ4n) is 1.88. The predicted octanol–water partition coefficient (Wildman–Crippen LogP) is 4.72. The summed E-state index contributed by atoms with van der Waals surface area (Å²) >= 11 is 5.64. The third-order valence-electron chi connectivity index (χ3n) is 2.74. The highest BCUT2D eigenvalue weighted by Crippen LogP contribution is 2.42. The van der Waals surface area contributed by atoms with Crippen LogP contribution in [0.5, 0.6) is 0 Å². The standard InChI is InChI=1S/C14H8ClF3O2/c15-12-10(13(19)20)7-6-9(11(12)14(16,17)18)8-4-2-1-3-5-8/h1-7H,(H,19,20). The summed E-state index contributed by atoms with van der Waals surface area (Å²) in [5.41, 5.74) is -1.53. The minimum absolute atomic E-state index is 0.145. The van der Waals surface area contributed by atoms with Crippen LogP contribution >= 0.6 is 11.6 Å². The molecular formula is C14H8ClF3O2.